The molecule has 1 aromatic heterocycles. The number of hydrogen-bond donors (Lipinski definition) is 1. The lowest BCUT2D eigenvalue weighted by molar-refractivity contribution is 0.282. The van der Waals surface area contributed by atoms with E-state index in [4.69, 9.17) is 5.11 Å². The molecular weight excluding hydrogens is 198 g/mol. The van der Waals surface area contributed by atoms with Crippen LogP contribution < -0.4 is 0 Å². The third-order valence-corrected chi connectivity index (χ3v) is 2.91. The van der Waals surface area contributed by atoms with Gasteiger partial charge in [-0.2, -0.15) is 0 Å². The number of aliphatic hydroxyl groups is 1. The summed E-state index contributed by atoms with van der Waals surface area (Å²) in [5.74, 6) is 0. The summed E-state index contributed by atoms with van der Waals surface area (Å²) in [4.78, 5) is 0. The van der Waals surface area contributed by atoms with E-state index in [2.05, 4.69) is 36.4 Å². The minimum Gasteiger partial charge on any atom is -0.392 e. The molecule has 1 heterocycles. The number of aliphatic hydroxyl groups excluding tert-OH is 1. The summed E-state index contributed by atoms with van der Waals surface area (Å²) in [5.41, 5.74) is 3.38. The first-order valence-corrected chi connectivity index (χ1v) is 5.60. The molecule has 0 spiro atoms. The van der Waals surface area contributed by atoms with Gasteiger partial charge in [0, 0.05) is 18.3 Å². The Balaban J connectivity index is 2.37. The zero-order valence-electron chi connectivity index (χ0n) is 9.61. The molecule has 0 aliphatic rings. The average molecular weight is 215 g/mol. The van der Waals surface area contributed by atoms with Gasteiger partial charge < -0.3 is 9.67 Å². The number of nitrogens with zero attached hydrogens (tertiary/aromatic N) is 1. The van der Waals surface area contributed by atoms with E-state index in [1.165, 1.54) is 16.5 Å². The van der Waals surface area contributed by atoms with Gasteiger partial charge in [0.15, 0.2) is 0 Å². The van der Waals surface area contributed by atoms with Crippen molar-refractivity contribution in [1.29, 1.82) is 0 Å². The van der Waals surface area contributed by atoms with E-state index in [0.29, 0.717) is 0 Å². The molecule has 84 valence electrons. The largest absolute Gasteiger partial charge is 0.392 e. The molecule has 16 heavy (non-hydrogen) atoms. The van der Waals surface area contributed by atoms with Gasteiger partial charge in [0.2, 0.25) is 0 Å². The Morgan fingerprint density at radius 3 is 2.88 bits per heavy atom. The molecule has 2 aromatic rings. The molecule has 0 bridgehead atoms. The molecule has 2 heteroatoms. The number of allylic oxidation sites excluding steroid dienone is 1. The van der Waals surface area contributed by atoms with Gasteiger partial charge in [-0.05, 0) is 35.6 Å². The van der Waals surface area contributed by atoms with Crippen molar-refractivity contribution in [2.45, 2.75) is 26.5 Å². The number of fused-ring (bicyclic) bond motifs is 1. The molecule has 2 nitrogen and oxygen atoms in total. The van der Waals surface area contributed by atoms with Crippen molar-refractivity contribution >= 4 is 10.9 Å². The van der Waals surface area contributed by atoms with Crippen LogP contribution in [0.15, 0.2) is 42.6 Å². The van der Waals surface area contributed by atoms with Crippen LogP contribution in [0.5, 0.6) is 0 Å². The molecule has 2 rings (SSSR count). The maximum absolute atomic E-state index is 9.07. The SMILES string of the molecule is C=C(CC)Cn1ccc2cc(CO)ccc21. The summed E-state index contributed by atoms with van der Waals surface area (Å²) in [6.45, 7) is 7.12. The summed E-state index contributed by atoms with van der Waals surface area (Å²) < 4.78 is 2.20. The van der Waals surface area contributed by atoms with E-state index in [1.54, 1.807) is 0 Å². The third kappa shape index (κ3) is 2.02. The first kappa shape index (κ1) is 11.0. The van der Waals surface area contributed by atoms with Crippen LogP contribution in [0.25, 0.3) is 10.9 Å². The highest BCUT2D eigenvalue weighted by Crippen LogP contribution is 2.19. The van der Waals surface area contributed by atoms with Gasteiger partial charge >= 0.3 is 0 Å². The minimum absolute atomic E-state index is 0.1000. The highest BCUT2D eigenvalue weighted by molar-refractivity contribution is 5.80. The Morgan fingerprint density at radius 2 is 2.19 bits per heavy atom. The first-order chi connectivity index (χ1) is 7.74. The molecular formula is C14H17NO. The van der Waals surface area contributed by atoms with E-state index in [9.17, 15) is 0 Å². The van der Waals surface area contributed by atoms with Gasteiger partial charge in [0.25, 0.3) is 0 Å². The molecule has 0 aliphatic carbocycles. The second-order valence-electron chi connectivity index (χ2n) is 4.10. The average Bonchev–Trinajstić information content (AvgIpc) is 2.71. The summed E-state index contributed by atoms with van der Waals surface area (Å²) in [5, 5.41) is 10.2. The fourth-order valence-corrected chi connectivity index (χ4v) is 1.84. The van der Waals surface area contributed by atoms with Crippen LogP contribution in [0.1, 0.15) is 18.9 Å². The fourth-order valence-electron chi connectivity index (χ4n) is 1.84. The quantitative estimate of drug-likeness (QED) is 0.779. The number of rotatable bonds is 4. The maximum atomic E-state index is 9.07. The second kappa shape index (κ2) is 4.54. The predicted molar refractivity (Wildman–Crippen MR) is 67.3 cm³/mol. The zero-order chi connectivity index (χ0) is 11.5. The first-order valence-electron chi connectivity index (χ1n) is 5.60. The number of hydrogen-bond acceptors (Lipinski definition) is 1. The molecule has 0 saturated heterocycles. The Labute approximate surface area is 95.8 Å². The van der Waals surface area contributed by atoms with Crippen LogP contribution >= 0.6 is 0 Å². The molecule has 0 fully saturated rings. The van der Waals surface area contributed by atoms with Crippen molar-refractivity contribution in [3.63, 3.8) is 0 Å². The number of aromatic nitrogens is 1. The molecule has 0 saturated carbocycles. The predicted octanol–water partition coefficient (Wildman–Crippen LogP) is 3.10. The minimum atomic E-state index is 0.1000. The van der Waals surface area contributed by atoms with E-state index in [0.717, 1.165) is 18.5 Å². The van der Waals surface area contributed by atoms with Gasteiger partial charge in [0.05, 0.1) is 6.61 Å². The van der Waals surface area contributed by atoms with E-state index < -0.39 is 0 Å². The molecule has 0 atom stereocenters. The summed E-state index contributed by atoms with van der Waals surface area (Å²) in [7, 11) is 0. The van der Waals surface area contributed by atoms with Crippen LogP contribution in [0.4, 0.5) is 0 Å². The van der Waals surface area contributed by atoms with Crippen LogP contribution in [0, 0.1) is 0 Å². The highest BCUT2D eigenvalue weighted by Gasteiger charge is 2.02. The van der Waals surface area contributed by atoms with Gasteiger partial charge in [-0.25, -0.2) is 0 Å². The van der Waals surface area contributed by atoms with Crippen molar-refractivity contribution in [1.82, 2.24) is 4.57 Å². The van der Waals surface area contributed by atoms with Crippen LogP contribution in [-0.4, -0.2) is 9.67 Å². The van der Waals surface area contributed by atoms with Crippen molar-refractivity contribution < 1.29 is 5.11 Å². The molecule has 0 radical (unpaired) electrons. The lowest BCUT2D eigenvalue weighted by Crippen LogP contribution is -1.97. The highest BCUT2D eigenvalue weighted by atomic mass is 16.3. The standard InChI is InChI=1S/C14H17NO/c1-3-11(2)9-15-7-6-13-8-12(10-16)4-5-14(13)15/h4-8,16H,2-3,9-10H2,1H3. The second-order valence-corrected chi connectivity index (χ2v) is 4.10. The molecule has 1 N–H and O–H groups in total. The topological polar surface area (TPSA) is 25.2 Å². The zero-order valence-corrected chi connectivity index (χ0v) is 9.61. The van der Waals surface area contributed by atoms with Crippen molar-refractivity contribution in [2.24, 2.45) is 0 Å². The fraction of sp³-hybridized carbons (Fsp3) is 0.286. The molecule has 1 aromatic carbocycles. The van der Waals surface area contributed by atoms with E-state index >= 15 is 0 Å². The van der Waals surface area contributed by atoms with E-state index in [1.807, 2.05) is 12.1 Å². The van der Waals surface area contributed by atoms with Gasteiger partial charge in [-0.15, -0.1) is 0 Å². The lowest BCUT2D eigenvalue weighted by Gasteiger charge is -2.06. The van der Waals surface area contributed by atoms with Gasteiger partial charge in [0.1, 0.15) is 0 Å². The monoisotopic (exact) mass is 215 g/mol. The Hall–Kier alpha value is -1.54. The van der Waals surface area contributed by atoms with Crippen LogP contribution in [0.2, 0.25) is 0 Å². The molecule has 0 unspecified atom stereocenters. The number of benzene rings is 1. The lowest BCUT2D eigenvalue weighted by atomic mass is 10.1. The molecule has 0 amide bonds. The summed E-state index contributed by atoms with van der Waals surface area (Å²) >= 11 is 0. The Kier molecular flexibility index (Phi) is 3.11. The van der Waals surface area contributed by atoms with Crippen LogP contribution in [0.3, 0.4) is 0 Å². The molecule has 0 aliphatic heterocycles. The normalized spacial score (nSPS) is 10.9. The third-order valence-electron chi connectivity index (χ3n) is 2.91. The van der Waals surface area contributed by atoms with E-state index in [-0.39, 0.29) is 6.61 Å². The van der Waals surface area contributed by atoms with Crippen molar-refractivity contribution in [3.05, 3.63) is 48.2 Å². The Morgan fingerprint density at radius 1 is 1.38 bits per heavy atom. The van der Waals surface area contributed by atoms with Crippen LogP contribution in [-0.2, 0) is 13.2 Å². The maximum Gasteiger partial charge on any atom is 0.0682 e. The summed E-state index contributed by atoms with van der Waals surface area (Å²) in [6.07, 6.45) is 3.08. The van der Waals surface area contributed by atoms with Crippen molar-refractivity contribution in [2.75, 3.05) is 0 Å². The van der Waals surface area contributed by atoms with Gasteiger partial charge in [-0.3, -0.25) is 0 Å². The van der Waals surface area contributed by atoms with Crippen molar-refractivity contribution in [3.8, 4) is 0 Å². The summed E-state index contributed by atoms with van der Waals surface area (Å²) in [6, 6.07) is 8.13. The smallest absolute Gasteiger partial charge is 0.0682 e. The Bertz CT molecular complexity index is 510. The van der Waals surface area contributed by atoms with Gasteiger partial charge in [-0.1, -0.05) is 25.1 Å².